The number of benzene rings is 2. The van der Waals surface area contributed by atoms with Crippen LogP contribution in [0.25, 0.3) is 5.57 Å². The minimum absolute atomic E-state index is 0.124. The first-order chi connectivity index (χ1) is 17.4. The highest BCUT2D eigenvalue weighted by molar-refractivity contribution is 8.26. The number of thioether (sulfide) groups is 1. The topological polar surface area (TPSA) is 69.7 Å². The summed E-state index contributed by atoms with van der Waals surface area (Å²) in [4.78, 5) is 43.3. The lowest BCUT2D eigenvalue weighted by molar-refractivity contribution is -0.123. The van der Waals surface area contributed by atoms with E-state index in [2.05, 4.69) is 19.2 Å². The molecule has 2 aromatic carbocycles. The van der Waals surface area contributed by atoms with Gasteiger partial charge in [0.15, 0.2) is 0 Å². The van der Waals surface area contributed by atoms with Crippen LogP contribution in [0.15, 0.2) is 59.5 Å². The van der Waals surface area contributed by atoms with Crippen LogP contribution in [0, 0.1) is 5.92 Å². The number of carbonyl (C=O) groups excluding carboxylic acids is 3. The lowest BCUT2D eigenvalue weighted by Gasteiger charge is -2.21. The predicted octanol–water partition coefficient (Wildman–Crippen LogP) is 5.14. The fourth-order valence-corrected chi connectivity index (χ4v) is 5.88. The summed E-state index contributed by atoms with van der Waals surface area (Å²) in [5.74, 6) is -0.455. The summed E-state index contributed by atoms with van der Waals surface area (Å²) < 4.78 is 0.488. The average molecular weight is 522 g/mol. The van der Waals surface area contributed by atoms with Gasteiger partial charge in [0.2, 0.25) is 5.91 Å². The van der Waals surface area contributed by atoms with E-state index in [0.717, 1.165) is 31.2 Å². The molecule has 6 nitrogen and oxygen atoms in total. The van der Waals surface area contributed by atoms with Gasteiger partial charge in [0.1, 0.15) is 10.9 Å². The molecule has 2 aromatic rings. The molecular weight excluding hydrogens is 490 g/mol. The van der Waals surface area contributed by atoms with E-state index in [0.29, 0.717) is 45.1 Å². The van der Waals surface area contributed by atoms with Crippen molar-refractivity contribution in [2.75, 3.05) is 18.0 Å². The van der Waals surface area contributed by atoms with Crippen LogP contribution >= 0.6 is 24.0 Å². The van der Waals surface area contributed by atoms with E-state index in [1.54, 1.807) is 4.90 Å². The molecule has 0 bridgehead atoms. The summed E-state index contributed by atoms with van der Waals surface area (Å²) >= 11 is 6.76. The second-order valence-corrected chi connectivity index (χ2v) is 10.7. The van der Waals surface area contributed by atoms with Crippen LogP contribution < -0.4 is 10.2 Å². The van der Waals surface area contributed by atoms with Gasteiger partial charge in [-0.1, -0.05) is 106 Å². The molecule has 2 aliphatic heterocycles. The third kappa shape index (κ3) is 5.55. The van der Waals surface area contributed by atoms with Crippen molar-refractivity contribution in [2.24, 2.45) is 5.92 Å². The normalized spacial score (nSPS) is 18.1. The molecule has 0 aromatic heterocycles. The number of hydrogen-bond acceptors (Lipinski definition) is 5. The molecule has 1 atom stereocenters. The predicted molar refractivity (Wildman–Crippen MR) is 149 cm³/mol. The number of hydrogen-bond donors (Lipinski definition) is 1. The molecule has 2 heterocycles. The number of nitrogens with zero attached hydrogens (tertiary/aromatic N) is 2. The number of rotatable bonds is 10. The van der Waals surface area contributed by atoms with Crippen LogP contribution in [-0.4, -0.2) is 40.0 Å². The zero-order valence-corrected chi connectivity index (χ0v) is 22.3. The number of unbranched alkanes of at least 4 members (excludes halogenated alkanes) is 1. The molecular formula is C28H31N3O3S2. The molecule has 0 saturated carbocycles. The van der Waals surface area contributed by atoms with Gasteiger partial charge in [-0.25, -0.2) is 0 Å². The molecule has 1 fully saturated rings. The third-order valence-corrected chi connectivity index (χ3v) is 8.07. The SMILES string of the molecule is CCCCC(CC)CN1C(=O)/C(=C2/C(=O)N(CC(=O)NCc3ccccc3)c3ccccc32)SC1=S. The van der Waals surface area contributed by atoms with Crippen molar-refractivity contribution in [1.82, 2.24) is 10.2 Å². The summed E-state index contributed by atoms with van der Waals surface area (Å²) in [5, 5.41) is 2.88. The summed E-state index contributed by atoms with van der Waals surface area (Å²) in [6.07, 6.45) is 4.24. The molecule has 1 saturated heterocycles. The van der Waals surface area contributed by atoms with Gasteiger partial charge in [-0.3, -0.25) is 24.2 Å². The highest BCUT2D eigenvalue weighted by atomic mass is 32.2. The number of anilines is 1. The molecule has 8 heteroatoms. The van der Waals surface area contributed by atoms with Crippen molar-refractivity contribution in [2.45, 2.75) is 46.1 Å². The van der Waals surface area contributed by atoms with Crippen LogP contribution in [0.2, 0.25) is 0 Å². The minimum Gasteiger partial charge on any atom is -0.350 e. The Morgan fingerprint density at radius 3 is 2.44 bits per heavy atom. The summed E-state index contributed by atoms with van der Waals surface area (Å²) in [7, 11) is 0. The van der Waals surface area contributed by atoms with Crippen LogP contribution in [0.1, 0.15) is 50.7 Å². The Balaban J connectivity index is 1.55. The molecule has 0 radical (unpaired) electrons. The van der Waals surface area contributed by atoms with E-state index >= 15 is 0 Å². The summed E-state index contributed by atoms with van der Waals surface area (Å²) in [6, 6.07) is 16.9. The minimum atomic E-state index is -0.343. The Morgan fingerprint density at radius 2 is 1.72 bits per heavy atom. The fourth-order valence-electron chi connectivity index (χ4n) is 4.53. The second-order valence-electron chi connectivity index (χ2n) is 9.08. The zero-order valence-electron chi connectivity index (χ0n) is 20.7. The second kappa shape index (κ2) is 11.8. The zero-order chi connectivity index (χ0) is 25.7. The Labute approximate surface area is 222 Å². The maximum atomic E-state index is 13.6. The van der Waals surface area contributed by atoms with Gasteiger partial charge in [0, 0.05) is 18.7 Å². The average Bonchev–Trinajstić information content (AvgIpc) is 3.32. The molecule has 1 unspecified atom stereocenters. The molecule has 0 aliphatic carbocycles. The van der Waals surface area contributed by atoms with Gasteiger partial charge < -0.3 is 5.32 Å². The Kier molecular flexibility index (Phi) is 8.59. The first-order valence-electron chi connectivity index (χ1n) is 12.4. The van der Waals surface area contributed by atoms with Crippen LogP contribution in [0.3, 0.4) is 0 Å². The number of carbonyl (C=O) groups is 3. The number of para-hydroxylation sites is 1. The Morgan fingerprint density at radius 1 is 1.00 bits per heavy atom. The Hall–Kier alpha value is -2.97. The first kappa shape index (κ1) is 26.1. The van der Waals surface area contributed by atoms with Crippen LogP contribution in [0.5, 0.6) is 0 Å². The van der Waals surface area contributed by atoms with Crippen molar-refractivity contribution in [3.63, 3.8) is 0 Å². The molecule has 36 heavy (non-hydrogen) atoms. The van der Waals surface area contributed by atoms with Gasteiger partial charge in [0.05, 0.1) is 16.2 Å². The van der Waals surface area contributed by atoms with E-state index in [1.165, 1.54) is 16.7 Å². The number of nitrogens with one attached hydrogen (secondary N) is 1. The molecule has 1 N–H and O–H groups in total. The van der Waals surface area contributed by atoms with Gasteiger partial charge in [-0.15, -0.1) is 0 Å². The summed E-state index contributed by atoms with van der Waals surface area (Å²) in [6.45, 7) is 5.12. The van der Waals surface area contributed by atoms with Crippen molar-refractivity contribution < 1.29 is 14.4 Å². The summed E-state index contributed by atoms with van der Waals surface area (Å²) in [5.41, 5.74) is 2.61. The maximum absolute atomic E-state index is 13.6. The smallest absolute Gasteiger partial charge is 0.267 e. The number of fused-ring (bicyclic) bond motifs is 1. The van der Waals surface area contributed by atoms with E-state index < -0.39 is 0 Å². The lowest BCUT2D eigenvalue weighted by Crippen LogP contribution is -2.38. The first-order valence-corrected chi connectivity index (χ1v) is 13.7. The fraction of sp³-hybridized carbons (Fsp3) is 0.357. The monoisotopic (exact) mass is 521 g/mol. The standard InChI is InChI=1S/C28H31N3O3S2/c1-3-5-11-19(4-2)17-31-27(34)25(36-28(31)35)24-21-14-9-10-15-22(21)30(26(24)33)18-23(32)29-16-20-12-7-6-8-13-20/h6-10,12-15,19H,3-5,11,16-18H2,1-2H3,(H,29,32)/b25-24-. The largest absolute Gasteiger partial charge is 0.350 e. The third-order valence-electron chi connectivity index (χ3n) is 6.62. The van der Waals surface area contributed by atoms with E-state index in [-0.39, 0.29) is 24.3 Å². The van der Waals surface area contributed by atoms with E-state index in [1.807, 2.05) is 54.6 Å². The van der Waals surface area contributed by atoms with Crippen LogP contribution in [0.4, 0.5) is 5.69 Å². The number of thiocarbonyl (C=S) groups is 1. The van der Waals surface area contributed by atoms with E-state index in [9.17, 15) is 14.4 Å². The molecule has 4 rings (SSSR count). The highest BCUT2D eigenvalue weighted by Gasteiger charge is 2.42. The van der Waals surface area contributed by atoms with Crippen molar-refractivity contribution in [1.29, 1.82) is 0 Å². The lowest BCUT2D eigenvalue weighted by atomic mass is 9.98. The quantitative estimate of drug-likeness (QED) is 0.346. The van der Waals surface area contributed by atoms with Crippen molar-refractivity contribution in [3.8, 4) is 0 Å². The number of amides is 3. The van der Waals surface area contributed by atoms with Crippen LogP contribution in [-0.2, 0) is 20.9 Å². The van der Waals surface area contributed by atoms with Crippen molar-refractivity contribution in [3.05, 3.63) is 70.6 Å². The molecule has 2 aliphatic rings. The van der Waals surface area contributed by atoms with Gasteiger partial charge in [-0.2, -0.15) is 0 Å². The molecule has 0 spiro atoms. The highest BCUT2D eigenvalue weighted by Crippen LogP contribution is 2.44. The van der Waals surface area contributed by atoms with E-state index in [4.69, 9.17) is 12.2 Å². The molecule has 188 valence electrons. The van der Waals surface area contributed by atoms with Gasteiger partial charge in [0.25, 0.3) is 11.8 Å². The van der Waals surface area contributed by atoms with Gasteiger partial charge in [-0.05, 0) is 24.0 Å². The van der Waals surface area contributed by atoms with Crippen molar-refractivity contribution >= 4 is 57.3 Å². The Bertz CT molecular complexity index is 1200. The molecule has 3 amide bonds. The van der Waals surface area contributed by atoms with Gasteiger partial charge >= 0.3 is 0 Å². The maximum Gasteiger partial charge on any atom is 0.267 e.